The van der Waals surface area contributed by atoms with Crippen molar-refractivity contribution >= 4 is 12.8 Å². The van der Waals surface area contributed by atoms with Crippen molar-refractivity contribution in [1.82, 2.24) is 0 Å². The van der Waals surface area contributed by atoms with Gasteiger partial charge in [-0.2, -0.15) is 0 Å². The molecule has 3 heteroatoms. The van der Waals surface area contributed by atoms with Crippen LogP contribution in [-0.4, -0.2) is 13.3 Å². The van der Waals surface area contributed by atoms with E-state index in [1.54, 1.807) is 19.4 Å². The Kier molecular flexibility index (Phi) is 2.90. The van der Waals surface area contributed by atoms with Gasteiger partial charge in [-0.05, 0) is 18.9 Å². The molecular formula is C10H12NOP. The Bertz CT molecular complexity index is 386. The summed E-state index contributed by atoms with van der Waals surface area (Å²) in [6, 6.07) is 7.33. The fraction of sp³-hybridized carbons (Fsp3) is 0.300. The lowest BCUT2D eigenvalue weighted by molar-refractivity contribution is 0.582. The molecule has 0 amide bonds. The monoisotopic (exact) mass is 193 g/mol. The largest absolute Gasteiger partial charge is 0.324 e. The number of hydrogen-bond donors (Lipinski definition) is 0. The van der Waals surface area contributed by atoms with E-state index in [4.69, 9.17) is 6.57 Å². The minimum absolute atomic E-state index is 0.519. The van der Waals surface area contributed by atoms with Crippen LogP contribution in [0.25, 0.3) is 4.85 Å². The molecule has 0 saturated heterocycles. The first-order valence-electron chi connectivity index (χ1n) is 4.02. The van der Waals surface area contributed by atoms with Gasteiger partial charge in [0.05, 0.1) is 13.7 Å². The van der Waals surface area contributed by atoms with E-state index in [1.807, 2.05) is 18.2 Å². The van der Waals surface area contributed by atoms with Crippen molar-refractivity contribution in [2.75, 3.05) is 13.3 Å². The minimum atomic E-state index is -2.07. The van der Waals surface area contributed by atoms with Gasteiger partial charge in [0.15, 0.2) is 5.69 Å². The predicted octanol–water partition coefficient (Wildman–Crippen LogP) is 3.36. The van der Waals surface area contributed by atoms with E-state index < -0.39 is 7.14 Å². The number of para-hydroxylation sites is 1. The molecule has 1 aromatic rings. The minimum Gasteiger partial charge on any atom is -0.324 e. The number of nitrogens with zero attached hydrogens (tertiary/aromatic N) is 1. The molecule has 0 atom stereocenters. The molecule has 13 heavy (non-hydrogen) atoms. The highest BCUT2D eigenvalue weighted by Gasteiger charge is 2.10. The van der Waals surface area contributed by atoms with E-state index in [1.165, 1.54) is 0 Å². The maximum Gasteiger partial charge on any atom is 0.190 e. The topological polar surface area (TPSA) is 21.4 Å². The zero-order chi connectivity index (χ0) is 9.90. The Hall–Kier alpha value is -1.06. The third-order valence-corrected chi connectivity index (χ3v) is 2.77. The highest BCUT2D eigenvalue weighted by Crippen LogP contribution is 2.42. The van der Waals surface area contributed by atoms with E-state index in [0.29, 0.717) is 11.8 Å². The molecule has 0 bridgehead atoms. The molecular weight excluding hydrogens is 181 g/mol. The van der Waals surface area contributed by atoms with E-state index in [2.05, 4.69) is 4.85 Å². The standard InChI is InChI=1S/C10H12NOP/c1-11-10-7-5-4-6-9(10)8-13(2,3)12/h4-7H,8H2,2-3H3. The fourth-order valence-electron chi connectivity index (χ4n) is 1.16. The summed E-state index contributed by atoms with van der Waals surface area (Å²) < 4.78 is 11.5. The van der Waals surface area contributed by atoms with Crippen LogP contribution in [0.15, 0.2) is 24.3 Å². The molecule has 1 rings (SSSR count). The highest BCUT2D eigenvalue weighted by molar-refractivity contribution is 7.61. The van der Waals surface area contributed by atoms with Crippen LogP contribution in [0.1, 0.15) is 5.56 Å². The Morgan fingerprint density at radius 3 is 2.54 bits per heavy atom. The predicted molar refractivity (Wildman–Crippen MR) is 55.9 cm³/mol. The van der Waals surface area contributed by atoms with Crippen molar-refractivity contribution in [3.63, 3.8) is 0 Å². The van der Waals surface area contributed by atoms with E-state index in [-0.39, 0.29) is 0 Å². The second kappa shape index (κ2) is 3.77. The van der Waals surface area contributed by atoms with Crippen molar-refractivity contribution in [3.05, 3.63) is 41.2 Å². The summed E-state index contributed by atoms with van der Waals surface area (Å²) in [4.78, 5) is 3.38. The van der Waals surface area contributed by atoms with Gasteiger partial charge in [0.1, 0.15) is 0 Å². The number of hydrogen-bond acceptors (Lipinski definition) is 1. The Morgan fingerprint density at radius 1 is 1.38 bits per heavy atom. The number of benzene rings is 1. The van der Waals surface area contributed by atoms with E-state index in [9.17, 15) is 4.57 Å². The van der Waals surface area contributed by atoms with Crippen molar-refractivity contribution in [2.24, 2.45) is 0 Å². The van der Waals surface area contributed by atoms with Gasteiger partial charge in [0.2, 0.25) is 0 Å². The van der Waals surface area contributed by atoms with Gasteiger partial charge in [-0.1, -0.05) is 24.3 Å². The first kappa shape index (κ1) is 10.0. The second-order valence-electron chi connectivity index (χ2n) is 3.47. The zero-order valence-corrected chi connectivity index (χ0v) is 8.71. The van der Waals surface area contributed by atoms with Crippen molar-refractivity contribution in [2.45, 2.75) is 6.16 Å². The zero-order valence-electron chi connectivity index (χ0n) is 7.82. The molecule has 2 nitrogen and oxygen atoms in total. The maximum atomic E-state index is 11.5. The van der Waals surface area contributed by atoms with Gasteiger partial charge >= 0.3 is 0 Å². The van der Waals surface area contributed by atoms with Gasteiger partial charge in [-0.3, -0.25) is 0 Å². The molecule has 0 N–H and O–H groups in total. The molecule has 68 valence electrons. The average molecular weight is 193 g/mol. The molecule has 0 heterocycles. The summed E-state index contributed by atoms with van der Waals surface area (Å²) in [6.45, 7) is 10.4. The Morgan fingerprint density at radius 2 is 2.00 bits per heavy atom. The Balaban J connectivity index is 3.03. The van der Waals surface area contributed by atoms with Crippen molar-refractivity contribution in [3.8, 4) is 0 Å². The number of rotatable bonds is 2. The normalized spacial score (nSPS) is 10.8. The first-order chi connectivity index (χ1) is 6.03. The third kappa shape index (κ3) is 3.05. The van der Waals surface area contributed by atoms with Crippen molar-refractivity contribution in [1.29, 1.82) is 0 Å². The summed E-state index contributed by atoms with van der Waals surface area (Å²) in [5, 5.41) is 0. The lowest BCUT2D eigenvalue weighted by Crippen LogP contribution is -1.85. The molecule has 0 unspecified atom stereocenters. The van der Waals surface area contributed by atoms with Crippen LogP contribution < -0.4 is 0 Å². The summed E-state index contributed by atoms with van der Waals surface area (Å²) in [7, 11) is -2.07. The smallest absolute Gasteiger partial charge is 0.190 e. The first-order valence-corrected chi connectivity index (χ1v) is 6.81. The molecule has 0 radical (unpaired) electrons. The molecule has 0 spiro atoms. The van der Waals surface area contributed by atoms with Gasteiger partial charge in [-0.25, -0.2) is 4.85 Å². The summed E-state index contributed by atoms with van der Waals surface area (Å²) in [5.74, 6) is 0. The van der Waals surface area contributed by atoms with Gasteiger partial charge in [-0.15, -0.1) is 0 Å². The van der Waals surface area contributed by atoms with Crippen LogP contribution in [0.2, 0.25) is 0 Å². The second-order valence-corrected chi connectivity index (χ2v) is 6.94. The molecule has 0 aliphatic carbocycles. The van der Waals surface area contributed by atoms with Gasteiger partial charge in [0.25, 0.3) is 0 Å². The maximum absolute atomic E-state index is 11.5. The van der Waals surface area contributed by atoms with Crippen LogP contribution >= 0.6 is 7.14 Å². The highest BCUT2D eigenvalue weighted by atomic mass is 31.2. The summed E-state index contributed by atoms with van der Waals surface area (Å²) in [6.07, 6.45) is 0.519. The Labute approximate surface area is 78.8 Å². The fourth-order valence-corrected chi connectivity index (χ4v) is 2.25. The van der Waals surface area contributed by atoms with E-state index >= 15 is 0 Å². The lowest BCUT2D eigenvalue weighted by atomic mass is 10.2. The van der Waals surface area contributed by atoms with Crippen LogP contribution in [-0.2, 0) is 10.7 Å². The van der Waals surface area contributed by atoms with Gasteiger partial charge < -0.3 is 4.57 Å². The van der Waals surface area contributed by atoms with E-state index in [0.717, 1.165) is 5.56 Å². The average Bonchev–Trinajstić information content (AvgIpc) is 2.02. The van der Waals surface area contributed by atoms with Crippen LogP contribution in [0.4, 0.5) is 5.69 Å². The third-order valence-electron chi connectivity index (χ3n) is 1.66. The molecule has 0 aromatic heterocycles. The van der Waals surface area contributed by atoms with Crippen molar-refractivity contribution < 1.29 is 4.57 Å². The SMILES string of the molecule is [C-]#[N+]c1ccccc1CP(C)(C)=O. The molecule has 0 aliphatic heterocycles. The molecule has 1 aromatic carbocycles. The van der Waals surface area contributed by atoms with Crippen LogP contribution in [0.5, 0.6) is 0 Å². The molecule has 0 saturated carbocycles. The molecule has 0 fully saturated rings. The quantitative estimate of drug-likeness (QED) is 0.521. The van der Waals surface area contributed by atoms with Crippen LogP contribution in [0, 0.1) is 6.57 Å². The van der Waals surface area contributed by atoms with Crippen LogP contribution in [0.3, 0.4) is 0 Å². The summed E-state index contributed by atoms with van der Waals surface area (Å²) >= 11 is 0. The summed E-state index contributed by atoms with van der Waals surface area (Å²) in [5.41, 5.74) is 1.51. The van der Waals surface area contributed by atoms with Gasteiger partial charge in [0, 0.05) is 6.16 Å². The lowest BCUT2D eigenvalue weighted by Gasteiger charge is -2.07. The molecule has 0 aliphatic rings.